The number of thioether (sulfide) groups is 2. The van der Waals surface area contributed by atoms with Crippen molar-refractivity contribution in [2.45, 2.75) is 29.6 Å². The summed E-state index contributed by atoms with van der Waals surface area (Å²) in [7, 11) is 0. The first-order valence-electron chi connectivity index (χ1n) is 4.73. The SMILES string of the molecule is CC(CS)SCC(CS)SC(C)CS. The third kappa shape index (κ3) is 7.97. The standard InChI is InChI=1S/C9H20S5/c1-7(3-10)13-6-9(5-12)14-8(2)4-11/h7-12H,3-6H2,1-2H3. The number of hydrogen-bond acceptors (Lipinski definition) is 5. The molecule has 0 heterocycles. The van der Waals surface area contributed by atoms with Crippen molar-refractivity contribution in [1.82, 2.24) is 0 Å². The van der Waals surface area contributed by atoms with Crippen molar-refractivity contribution in [3.8, 4) is 0 Å². The summed E-state index contributed by atoms with van der Waals surface area (Å²) >= 11 is 16.9. The minimum Gasteiger partial charge on any atom is -0.178 e. The molecule has 0 bridgehead atoms. The van der Waals surface area contributed by atoms with Gasteiger partial charge in [0.15, 0.2) is 0 Å². The maximum absolute atomic E-state index is 4.38. The van der Waals surface area contributed by atoms with Crippen LogP contribution in [-0.4, -0.2) is 38.8 Å². The molecule has 5 heteroatoms. The van der Waals surface area contributed by atoms with Gasteiger partial charge in [0, 0.05) is 38.8 Å². The zero-order valence-corrected chi connectivity index (χ0v) is 13.0. The summed E-state index contributed by atoms with van der Waals surface area (Å²) in [4.78, 5) is 0. The van der Waals surface area contributed by atoms with Gasteiger partial charge in [-0.25, -0.2) is 0 Å². The van der Waals surface area contributed by atoms with Crippen molar-refractivity contribution in [1.29, 1.82) is 0 Å². The summed E-state index contributed by atoms with van der Waals surface area (Å²) in [5, 5.41) is 1.92. The first-order valence-corrected chi connectivity index (χ1v) is 8.62. The van der Waals surface area contributed by atoms with Crippen molar-refractivity contribution in [3.63, 3.8) is 0 Å². The highest BCUT2D eigenvalue weighted by molar-refractivity contribution is 8.05. The Labute approximate surface area is 113 Å². The Kier molecular flexibility index (Phi) is 11.2. The summed E-state index contributed by atoms with van der Waals surface area (Å²) in [6.45, 7) is 4.45. The second kappa shape index (κ2) is 9.94. The number of hydrogen-bond donors (Lipinski definition) is 3. The molecule has 0 aliphatic heterocycles. The maximum Gasteiger partial charge on any atom is 0.0229 e. The summed E-state index contributed by atoms with van der Waals surface area (Å²) in [6, 6.07) is 0. The lowest BCUT2D eigenvalue weighted by Crippen LogP contribution is -2.16. The Balaban J connectivity index is 3.68. The molecule has 3 atom stereocenters. The van der Waals surface area contributed by atoms with E-state index in [9.17, 15) is 0 Å². The van der Waals surface area contributed by atoms with Crippen LogP contribution < -0.4 is 0 Å². The summed E-state index contributed by atoms with van der Waals surface area (Å²) in [5.74, 6) is 4.03. The van der Waals surface area contributed by atoms with E-state index < -0.39 is 0 Å². The van der Waals surface area contributed by atoms with E-state index in [1.54, 1.807) is 0 Å². The van der Waals surface area contributed by atoms with Gasteiger partial charge in [0.05, 0.1) is 0 Å². The molecule has 0 radical (unpaired) electrons. The van der Waals surface area contributed by atoms with E-state index in [1.807, 2.05) is 23.5 Å². The molecule has 0 amide bonds. The van der Waals surface area contributed by atoms with Crippen molar-refractivity contribution in [2.75, 3.05) is 23.0 Å². The molecule has 0 saturated carbocycles. The summed E-state index contributed by atoms with van der Waals surface area (Å²) in [5.41, 5.74) is 0. The van der Waals surface area contributed by atoms with Gasteiger partial charge in [-0.3, -0.25) is 0 Å². The van der Waals surface area contributed by atoms with Crippen LogP contribution in [0.3, 0.4) is 0 Å². The zero-order valence-electron chi connectivity index (χ0n) is 8.72. The summed E-state index contributed by atoms with van der Waals surface area (Å²) < 4.78 is 0. The lowest BCUT2D eigenvalue weighted by molar-refractivity contribution is 1.07. The van der Waals surface area contributed by atoms with Gasteiger partial charge in [-0.1, -0.05) is 13.8 Å². The summed E-state index contributed by atoms with van der Waals surface area (Å²) in [6.07, 6.45) is 0. The number of thiol groups is 3. The molecule has 86 valence electrons. The minimum absolute atomic E-state index is 0.627. The third-order valence-corrected chi connectivity index (χ3v) is 6.88. The van der Waals surface area contributed by atoms with Crippen LogP contribution in [0.5, 0.6) is 0 Å². The molecule has 0 fully saturated rings. The van der Waals surface area contributed by atoms with E-state index in [-0.39, 0.29) is 0 Å². The molecule has 14 heavy (non-hydrogen) atoms. The fraction of sp³-hybridized carbons (Fsp3) is 1.00. The van der Waals surface area contributed by atoms with Crippen LogP contribution in [0.25, 0.3) is 0 Å². The van der Waals surface area contributed by atoms with Crippen LogP contribution in [0, 0.1) is 0 Å². The van der Waals surface area contributed by atoms with Crippen molar-refractivity contribution >= 4 is 61.4 Å². The Morgan fingerprint density at radius 3 is 1.93 bits per heavy atom. The van der Waals surface area contributed by atoms with E-state index in [4.69, 9.17) is 0 Å². The average molecular weight is 289 g/mol. The van der Waals surface area contributed by atoms with Crippen LogP contribution >= 0.6 is 61.4 Å². The molecule has 0 aromatic heterocycles. The van der Waals surface area contributed by atoms with Gasteiger partial charge < -0.3 is 0 Å². The second-order valence-electron chi connectivity index (χ2n) is 3.26. The normalized spacial score (nSPS) is 17.8. The molecule has 0 saturated heterocycles. The monoisotopic (exact) mass is 288 g/mol. The van der Waals surface area contributed by atoms with Gasteiger partial charge in [-0.05, 0) is 0 Å². The third-order valence-electron chi connectivity index (χ3n) is 1.71. The second-order valence-corrected chi connectivity index (χ2v) is 7.57. The quantitative estimate of drug-likeness (QED) is 0.586. The zero-order chi connectivity index (χ0) is 11.0. The molecule has 0 nitrogen and oxygen atoms in total. The molecule has 0 N–H and O–H groups in total. The maximum atomic E-state index is 4.38. The molecule has 0 spiro atoms. The molecule has 0 rings (SSSR count). The molecule has 0 aromatic rings. The van der Waals surface area contributed by atoms with Gasteiger partial charge in [-0.15, -0.1) is 0 Å². The van der Waals surface area contributed by atoms with Gasteiger partial charge in [0.25, 0.3) is 0 Å². The highest BCUT2D eigenvalue weighted by atomic mass is 32.2. The van der Waals surface area contributed by atoms with Crippen molar-refractivity contribution in [3.05, 3.63) is 0 Å². The highest BCUT2D eigenvalue weighted by Gasteiger charge is 2.12. The first kappa shape index (κ1) is 15.8. The first-order chi connectivity index (χ1) is 6.63. The van der Waals surface area contributed by atoms with Crippen molar-refractivity contribution in [2.24, 2.45) is 0 Å². The van der Waals surface area contributed by atoms with Crippen molar-refractivity contribution < 1.29 is 0 Å². The molecule has 3 unspecified atom stereocenters. The van der Waals surface area contributed by atoms with E-state index in [1.165, 1.54) is 5.75 Å². The lowest BCUT2D eigenvalue weighted by atomic mass is 10.5. The molecular formula is C9H20S5. The van der Waals surface area contributed by atoms with Crippen LogP contribution in [0.2, 0.25) is 0 Å². The Hall–Kier alpha value is 1.75. The fourth-order valence-electron chi connectivity index (χ4n) is 0.831. The topological polar surface area (TPSA) is 0 Å². The van der Waals surface area contributed by atoms with E-state index in [0.717, 1.165) is 17.3 Å². The fourth-order valence-corrected chi connectivity index (χ4v) is 4.11. The van der Waals surface area contributed by atoms with E-state index in [0.29, 0.717) is 15.7 Å². The Bertz CT molecular complexity index is 130. The smallest absolute Gasteiger partial charge is 0.0229 e. The van der Waals surface area contributed by atoms with Crippen LogP contribution in [0.4, 0.5) is 0 Å². The average Bonchev–Trinajstić information content (AvgIpc) is 2.22. The predicted octanol–water partition coefficient (Wildman–Crippen LogP) is 3.39. The van der Waals surface area contributed by atoms with Gasteiger partial charge in [-0.2, -0.15) is 61.4 Å². The highest BCUT2D eigenvalue weighted by Crippen LogP contribution is 2.25. The largest absolute Gasteiger partial charge is 0.178 e. The number of rotatable bonds is 8. The molecule has 0 aliphatic carbocycles. The van der Waals surface area contributed by atoms with Crippen LogP contribution in [0.15, 0.2) is 0 Å². The Morgan fingerprint density at radius 1 is 0.929 bits per heavy atom. The van der Waals surface area contributed by atoms with Crippen LogP contribution in [-0.2, 0) is 0 Å². The lowest BCUT2D eigenvalue weighted by Gasteiger charge is -2.19. The molecular weight excluding hydrogens is 268 g/mol. The van der Waals surface area contributed by atoms with Gasteiger partial charge >= 0.3 is 0 Å². The van der Waals surface area contributed by atoms with E-state index >= 15 is 0 Å². The Morgan fingerprint density at radius 2 is 1.50 bits per heavy atom. The van der Waals surface area contributed by atoms with Gasteiger partial charge in [0.2, 0.25) is 0 Å². The van der Waals surface area contributed by atoms with E-state index in [2.05, 4.69) is 51.7 Å². The molecule has 0 aliphatic rings. The predicted molar refractivity (Wildman–Crippen MR) is 84.3 cm³/mol. The molecule has 0 aromatic carbocycles. The van der Waals surface area contributed by atoms with Gasteiger partial charge in [0.1, 0.15) is 0 Å². The van der Waals surface area contributed by atoms with Crippen LogP contribution in [0.1, 0.15) is 13.8 Å². The minimum atomic E-state index is 0.627.